The monoisotopic (exact) mass is 410 g/mol. The van der Waals surface area contributed by atoms with Crippen LogP contribution in [0.25, 0.3) is 0 Å². The second-order valence-electron chi connectivity index (χ2n) is 9.36. The number of fused-ring (bicyclic) bond motifs is 5. The number of hydrogen-bond donors (Lipinski definition) is 1. The zero-order valence-corrected chi connectivity index (χ0v) is 17.5. The van der Waals surface area contributed by atoms with Crippen LogP contribution in [-0.4, -0.2) is 35.3 Å². The lowest BCUT2D eigenvalue weighted by Crippen LogP contribution is -2.44. The van der Waals surface area contributed by atoms with Gasteiger partial charge in [0, 0.05) is 12.0 Å². The van der Waals surface area contributed by atoms with E-state index in [-0.39, 0.29) is 41.5 Å². The standard InChI is InChI=1S/C24H30N2O4/c1-2-30-19-6-4-3-5-18(19)25-22(27)14-9-11-17(12-10-14)26-23(28)20-15-7-8-16(13-15)21(20)24(26)29/h3-6,14-17,20-21H,2,7-13H2,1H3,(H,25,27)/t14?,15-,16+,17?,20-,21+. The van der Waals surface area contributed by atoms with Crippen molar-refractivity contribution in [3.8, 4) is 5.75 Å². The Morgan fingerprint density at radius 3 is 2.27 bits per heavy atom. The van der Waals surface area contributed by atoms with Crippen LogP contribution in [0.2, 0.25) is 0 Å². The first kappa shape index (κ1) is 19.6. The highest BCUT2D eigenvalue weighted by atomic mass is 16.5. The summed E-state index contributed by atoms with van der Waals surface area (Å²) in [6.07, 6.45) is 6.12. The second kappa shape index (κ2) is 7.71. The van der Waals surface area contributed by atoms with Gasteiger partial charge in [-0.05, 0) is 75.8 Å². The van der Waals surface area contributed by atoms with E-state index in [9.17, 15) is 14.4 Å². The van der Waals surface area contributed by atoms with Crippen LogP contribution in [-0.2, 0) is 14.4 Å². The first-order valence-corrected chi connectivity index (χ1v) is 11.5. The van der Waals surface area contributed by atoms with Crippen LogP contribution in [0, 0.1) is 29.6 Å². The SMILES string of the molecule is CCOc1ccccc1NC(=O)C1CCC(N2C(=O)[C@@H]3[C@@H]4CC[C@@H](C4)[C@@H]3C2=O)CC1. The fourth-order valence-electron chi connectivity index (χ4n) is 6.47. The lowest BCUT2D eigenvalue weighted by Gasteiger charge is -2.33. The third kappa shape index (κ3) is 3.12. The number of anilines is 1. The van der Waals surface area contributed by atoms with Gasteiger partial charge >= 0.3 is 0 Å². The number of nitrogens with zero attached hydrogens (tertiary/aromatic N) is 1. The third-order valence-corrected chi connectivity index (χ3v) is 7.84. The van der Waals surface area contributed by atoms with Gasteiger partial charge in [-0.2, -0.15) is 0 Å². The fraction of sp³-hybridized carbons (Fsp3) is 0.625. The molecule has 1 heterocycles. The fourth-order valence-corrected chi connectivity index (χ4v) is 6.47. The minimum atomic E-state index is -0.0978. The maximum Gasteiger partial charge on any atom is 0.233 e. The first-order chi connectivity index (χ1) is 14.6. The molecule has 6 nitrogen and oxygen atoms in total. The number of benzene rings is 1. The van der Waals surface area contributed by atoms with Gasteiger partial charge in [0.15, 0.2) is 0 Å². The van der Waals surface area contributed by atoms with E-state index in [2.05, 4.69) is 5.32 Å². The van der Waals surface area contributed by atoms with Crippen molar-refractivity contribution in [2.24, 2.45) is 29.6 Å². The minimum absolute atomic E-state index is 0.00501. The summed E-state index contributed by atoms with van der Waals surface area (Å²) in [6, 6.07) is 7.43. The Balaban J connectivity index is 1.20. The highest BCUT2D eigenvalue weighted by molar-refractivity contribution is 6.06. The molecular weight excluding hydrogens is 380 g/mol. The smallest absolute Gasteiger partial charge is 0.233 e. The number of nitrogens with one attached hydrogen (secondary N) is 1. The third-order valence-electron chi connectivity index (χ3n) is 7.84. The molecular formula is C24H30N2O4. The Bertz CT molecular complexity index is 833. The molecule has 0 unspecified atom stereocenters. The molecule has 1 aromatic carbocycles. The van der Waals surface area contributed by atoms with Crippen LogP contribution >= 0.6 is 0 Å². The van der Waals surface area contributed by atoms with Gasteiger partial charge in [0.1, 0.15) is 5.75 Å². The number of rotatable bonds is 5. The maximum atomic E-state index is 13.1. The summed E-state index contributed by atoms with van der Waals surface area (Å²) in [7, 11) is 0. The molecule has 0 spiro atoms. The van der Waals surface area contributed by atoms with Gasteiger partial charge < -0.3 is 10.1 Å². The van der Waals surface area contributed by atoms with Gasteiger partial charge in [-0.1, -0.05) is 12.1 Å². The van der Waals surface area contributed by atoms with Crippen molar-refractivity contribution < 1.29 is 19.1 Å². The minimum Gasteiger partial charge on any atom is -0.492 e. The van der Waals surface area contributed by atoms with Crippen molar-refractivity contribution in [2.75, 3.05) is 11.9 Å². The molecule has 2 bridgehead atoms. The molecule has 3 saturated carbocycles. The van der Waals surface area contributed by atoms with Crippen LogP contribution < -0.4 is 10.1 Å². The van der Waals surface area contributed by atoms with Crippen molar-refractivity contribution in [3.63, 3.8) is 0 Å². The van der Waals surface area contributed by atoms with E-state index in [1.54, 1.807) is 4.90 Å². The van der Waals surface area contributed by atoms with E-state index in [1.165, 1.54) is 0 Å². The normalized spacial score (nSPS) is 34.9. The van der Waals surface area contributed by atoms with Gasteiger partial charge in [-0.15, -0.1) is 0 Å². The summed E-state index contributed by atoms with van der Waals surface area (Å²) in [6.45, 7) is 2.46. The van der Waals surface area contributed by atoms with Gasteiger partial charge in [-0.25, -0.2) is 0 Å². The summed E-state index contributed by atoms with van der Waals surface area (Å²) in [5.74, 6) is 1.49. The zero-order chi connectivity index (χ0) is 20.8. The molecule has 1 aliphatic heterocycles. The van der Waals surface area contributed by atoms with Crippen LogP contribution in [0.15, 0.2) is 24.3 Å². The van der Waals surface area contributed by atoms with Crippen LogP contribution in [0.5, 0.6) is 5.75 Å². The highest BCUT2D eigenvalue weighted by Gasteiger charge is 2.61. The van der Waals surface area contributed by atoms with E-state index in [1.807, 2.05) is 31.2 Å². The second-order valence-corrected chi connectivity index (χ2v) is 9.36. The molecule has 3 amide bonds. The van der Waals surface area contributed by atoms with E-state index >= 15 is 0 Å². The molecule has 0 aromatic heterocycles. The number of carbonyl (C=O) groups excluding carboxylic acids is 3. The van der Waals surface area contributed by atoms with Crippen molar-refractivity contribution in [1.82, 2.24) is 4.90 Å². The molecule has 4 aliphatic rings. The summed E-state index contributed by atoms with van der Waals surface area (Å²) in [5, 5.41) is 3.01. The maximum absolute atomic E-state index is 13.1. The van der Waals surface area contributed by atoms with Gasteiger partial charge in [0.05, 0.1) is 24.1 Å². The Morgan fingerprint density at radius 1 is 1.00 bits per heavy atom. The van der Waals surface area contributed by atoms with Crippen LogP contribution in [0.3, 0.4) is 0 Å². The van der Waals surface area contributed by atoms with Crippen LogP contribution in [0.1, 0.15) is 51.9 Å². The van der Waals surface area contributed by atoms with Gasteiger partial charge in [0.25, 0.3) is 0 Å². The number of likely N-dealkylation sites (tertiary alicyclic amines) is 1. The Labute approximate surface area is 177 Å². The Kier molecular flexibility index (Phi) is 5.03. The number of amides is 3. The molecule has 1 aromatic rings. The molecule has 3 aliphatic carbocycles. The Hall–Kier alpha value is -2.37. The largest absolute Gasteiger partial charge is 0.492 e. The van der Waals surface area contributed by atoms with Crippen molar-refractivity contribution in [3.05, 3.63) is 24.3 Å². The molecule has 1 N–H and O–H groups in total. The van der Waals surface area contributed by atoms with Crippen molar-refractivity contribution in [2.45, 2.75) is 57.9 Å². The van der Waals surface area contributed by atoms with E-state index in [0.29, 0.717) is 42.7 Å². The number of para-hydroxylation sites is 2. The predicted molar refractivity (Wildman–Crippen MR) is 112 cm³/mol. The topological polar surface area (TPSA) is 75.7 Å². The lowest BCUT2D eigenvalue weighted by molar-refractivity contribution is -0.144. The average Bonchev–Trinajstić information content (AvgIpc) is 3.44. The quantitative estimate of drug-likeness (QED) is 0.753. The Morgan fingerprint density at radius 2 is 1.63 bits per heavy atom. The molecule has 4 fully saturated rings. The number of hydrogen-bond acceptors (Lipinski definition) is 4. The molecule has 0 radical (unpaired) electrons. The predicted octanol–water partition coefficient (Wildman–Crippen LogP) is 3.61. The summed E-state index contributed by atoms with van der Waals surface area (Å²) >= 11 is 0. The first-order valence-electron chi connectivity index (χ1n) is 11.5. The molecule has 160 valence electrons. The van der Waals surface area contributed by atoms with E-state index < -0.39 is 0 Å². The molecule has 1 saturated heterocycles. The van der Waals surface area contributed by atoms with Gasteiger partial charge in [-0.3, -0.25) is 19.3 Å². The summed E-state index contributed by atoms with van der Waals surface area (Å²) in [4.78, 5) is 40.5. The van der Waals surface area contributed by atoms with E-state index in [0.717, 1.165) is 32.1 Å². The van der Waals surface area contributed by atoms with Crippen LogP contribution in [0.4, 0.5) is 5.69 Å². The molecule has 6 heteroatoms. The number of imide groups is 1. The lowest BCUT2D eigenvalue weighted by atomic mass is 9.81. The molecule has 5 rings (SSSR count). The highest BCUT2D eigenvalue weighted by Crippen LogP contribution is 2.56. The average molecular weight is 411 g/mol. The van der Waals surface area contributed by atoms with Gasteiger partial charge in [0.2, 0.25) is 17.7 Å². The molecule has 4 atom stereocenters. The number of ether oxygens (including phenoxy) is 1. The number of carbonyl (C=O) groups is 3. The van der Waals surface area contributed by atoms with Crippen molar-refractivity contribution in [1.29, 1.82) is 0 Å². The zero-order valence-electron chi connectivity index (χ0n) is 17.5. The summed E-state index contributed by atoms with van der Waals surface area (Å²) < 4.78 is 5.60. The summed E-state index contributed by atoms with van der Waals surface area (Å²) in [5.41, 5.74) is 0.694. The molecule has 30 heavy (non-hydrogen) atoms. The van der Waals surface area contributed by atoms with Crippen molar-refractivity contribution >= 4 is 23.4 Å². The van der Waals surface area contributed by atoms with E-state index in [4.69, 9.17) is 4.74 Å².